The van der Waals surface area contributed by atoms with Crippen molar-refractivity contribution >= 4 is 24.0 Å². The molecule has 44 heavy (non-hydrogen) atoms. The van der Waals surface area contributed by atoms with Crippen LogP contribution < -0.4 is 16.0 Å². The zero-order chi connectivity index (χ0) is 31.9. The normalized spacial score (nSPS) is 16.6. The molecular formula is C34H46N4O6. The number of unbranched alkanes of at least 4 members (excludes halogenated alkanes) is 1. The molecular weight excluding hydrogens is 560 g/mol. The van der Waals surface area contributed by atoms with Crippen LogP contribution in [0.2, 0.25) is 0 Å². The Morgan fingerprint density at radius 3 is 2.18 bits per heavy atom. The molecule has 238 valence electrons. The smallest absolute Gasteiger partial charge is 0.410 e. The fraction of sp³-hybridized carbons (Fsp3) is 0.529. The summed E-state index contributed by atoms with van der Waals surface area (Å²) in [7, 11) is 0. The molecule has 10 heteroatoms. The fourth-order valence-electron chi connectivity index (χ4n) is 5.81. The van der Waals surface area contributed by atoms with E-state index in [1.807, 2.05) is 38.1 Å². The van der Waals surface area contributed by atoms with Gasteiger partial charge in [-0.15, -0.1) is 0 Å². The predicted molar refractivity (Wildman–Crippen MR) is 168 cm³/mol. The molecule has 2 unspecified atom stereocenters. The van der Waals surface area contributed by atoms with Gasteiger partial charge in [0.2, 0.25) is 11.8 Å². The lowest BCUT2D eigenvalue weighted by atomic mass is 9.98. The zero-order valence-corrected chi connectivity index (χ0v) is 26.5. The first-order valence-electron chi connectivity index (χ1n) is 15.6. The van der Waals surface area contributed by atoms with Gasteiger partial charge in [0.25, 0.3) is 0 Å². The molecule has 0 saturated carbocycles. The van der Waals surface area contributed by atoms with Gasteiger partial charge in [-0.3, -0.25) is 14.5 Å². The lowest BCUT2D eigenvalue weighted by molar-refractivity contribution is -0.131. The van der Waals surface area contributed by atoms with E-state index in [2.05, 4.69) is 40.2 Å². The highest BCUT2D eigenvalue weighted by Crippen LogP contribution is 2.44. The molecule has 0 radical (unpaired) electrons. The summed E-state index contributed by atoms with van der Waals surface area (Å²) in [6.07, 6.45) is 1.74. The number of hydrogen-bond acceptors (Lipinski definition) is 6. The molecule has 1 aliphatic heterocycles. The van der Waals surface area contributed by atoms with Gasteiger partial charge in [-0.05, 0) is 89.0 Å². The first kappa shape index (κ1) is 32.8. The van der Waals surface area contributed by atoms with E-state index in [0.717, 1.165) is 11.1 Å². The van der Waals surface area contributed by atoms with E-state index in [4.69, 9.17) is 9.47 Å². The second kappa shape index (κ2) is 14.6. The number of nitrogens with one attached hydrogen (secondary N) is 3. The lowest BCUT2D eigenvalue weighted by Gasteiger charge is -2.29. The van der Waals surface area contributed by atoms with Crippen LogP contribution in [0.5, 0.6) is 0 Å². The van der Waals surface area contributed by atoms with Crippen LogP contribution in [0, 0.1) is 0 Å². The van der Waals surface area contributed by atoms with Crippen LogP contribution >= 0.6 is 0 Å². The maximum absolute atomic E-state index is 13.2. The van der Waals surface area contributed by atoms with Crippen LogP contribution in [-0.4, -0.2) is 72.3 Å². The first-order valence-corrected chi connectivity index (χ1v) is 15.6. The molecule has 1 heterocycles. The maximum atomic E-state index is 13.2. The molecule has 2 aromatic rings. The Balaban J connectivity index is 1.24. The largest absolute Gasteiger partial charge is 0.449 e. The molecule has 4 rings (SSSR count). The summed E-state index contributed by atoms with van der Waals surface area (Å²) in [4.78, 5) is 52.8. The van der Waals surface area contributed by atoms with Crippen molar-refractivity contribution in [2.75, 3.05) is 19.7 Å². The van der Waals surface area contributed by atoms with Crippen molar-refractivity contribution in [3.05, 3.63) is 59.7 Å². The first-order chi connectivity index (χ1) is 20.9. The minimum Gasteiger partial charge on any atom is -0.449 e. The predicted octanol–water partition coefficient (Wildman–Crippen LogP) is 5.10. The Morgan fingerprint density at radius 2 is 1.57 bits per heavy atom. The number of carbonyl (C=O) groups excluding carboxylic acids is 4. The topological polar surface area (TPSA) is 126 Å². The average Bonchev–Trinajstić information content (AvgIpc) is 3.58. The van der Waals surface area contributed by atoms with Crippen molar-refractivity contribution in [2.24, 2.45) is 0 Å². The molecule has 2 aliphatic rings. The highest BCUT2D eigenvalue weighted by Gasteiger charge is 2.38. The van der Waals surface area contributed by atoms with E-state index in [0.29, 0.717) is 45.2 Å². The van der Waals surface area contributed by atoms with Gasteiger partial charge in [-0.1, -0.05) is 48.5 Å². The number of alkyl carbamates (subject to hydrolysis) is 1. The molecule has 2 aromatic carbocycles. The summed E-state index contributed by atoms with van der Waals surface area (Å²) in [5, 5.41) is 8.54. The molecule has 1 aliphatic carbocycles. The van der Waals surface area contributed by atoms with Gasteiger partial charge in [-0.2, -0.15) is 0 Å². The number of rotatable bonds is 11. The van der Waals surface area contributed by atoms with Gasteiger partial charge in [0.05, 0.1) is 0 Å². The van der Waals surface area contributed by atoms with E-state index in [1.54, 1.807) is 20.8 Å². The van der Waals surface area contributed by atoms with Gasteiger partial charge < -0.3 is 25.4 Å². The van der Waals surface area contributed by atoms with E-state index in [1.165, 1.54) is 16.0 Å². The van der Waals surface area contributed by atoms with Crippen molar-refractivity contribution in [3.8, 4) is 11.1 Å². The van der Waals surface area contributed by atoms with Crippen molar-refractivity contribution in [2.45, 2.75) is 96.4 Å². The Morgan fingerprint density at radius 1 is 0.932 bits per heavy atom. The zero-order valence-electron chi connectivity index (χ0n) is 26.5. The molecule has 4 amide bonds. The van der Waals surface area contributed by atoms with Crippen LogP contribution in [-0.2, 0) is 19.1 Å². The third-order valence-electron chi connectivity index (χ3n) is 7.78. The summed E-state index contributed by atoms with van der Waals surface area (Å²) in [5.41, 5.74) is 3.98. The summed E-state index contributed by atoms with van der Waals surface area (Å²) in [5.74, 6) is -0.656. The third-order valence-corrected chi connectivity index (χ3v) is 7.78. The van der Waals surface area contributed by atoms with E-state index in [9.17, 15) is 19.2 Å². The molecule has 2 atom stereocenters. The van der Waals surface area contributed by atoms with Gasteiger partial charge in [0, 0.05) is 25.0 Å². The van der Waals surface area contributed by atoms with Gasteiger partial charge in [0.1, 0.15) is 24.3 Å². The molecule has 0 spiro atoms. The van der Waals surface area contributed by atoms with Crippen molar-refractivity contribution in [3.63, 3.8) is 0 Å². The molecule has 0 aromatic heterocycles. The van der Waals surface area contributed by atoms with Crippen molar-refractivity contribution in [1.29, 1.82) is 0 Å². The fourth-order valence-corrected chi connectivity index (χ4v) is 5.81. The van der Waals surface area contributed by atoms with Crippen LogP contribution in [0.4, 0.5) is 9.59 Å². The number of carbonyl (C=O) groups is 4. The number of likely N-dealkylation sites (tertiary alicyclic amines) is 1. The molecule has 0 bridgehead atoms. The summed E-state index contributed by atoms with van der Waals surface area (Å²) in [6.45, 7) is 10.1. The van der Waals surface area contributed by atoms with Gasteiger partial charge in [-0.25, -0.2) is 9.59 Å². The number of amides is 4. The van der Waals surface area contributed by atoms with Crippen molar-refractivity contribution in [1.82, 2.24) is 20.9 Å². The minimum atomic E-state index is -0.763. The summed E-state index contributed by atoms with van der Waals surface area (Å²) < 4.78 is 11.1. The highest BCUT2D eigenvalue weighted by molar-refractivity contribution is 5.91. The van der Waals surface area contributed by atoms with Crippen LogP contribution in [0.3, 0.4) is 0 Å². The molecule has 1 saturated heterocycles. The molecule has 3 N–H and O–H groups in total. The Labute approximate surface area is 260 Å². The monoisotopic (exact) mass is 606 g/mol. The Bertz CT molecular complexity index is 1290. The second-order valence-electron chi connectivity index (χ2n) is 12.8. The highest BCUT2D eigenvalue weighted by atomic mass is 16.6. The summed E-state index contributed by atoms with van der Waals surface area (Å²) >= 11 is 0. The van der Waals surface area contributed by atoms with E-state index in [-0.39, 0.29) is 30.4 Å². The maximum Gasteiger partial charge on any atom is 0.410 e. The summed E-state index contributed by atoms with van der Waals surface area (Å²) in [6, 6.07) is 14.8. The molecule has 1 fully saturated rings. The average molecular weight is 607 g/mol. The van der Waals surface area contributed by atoms with Gasteiger partial charge >= 0.3 is 12.2 Å². The molecule has 10 nitrogen and oxygen atoms in total. The van der Waals surface area contributed by atoms with E-state index >= 15 is 0 Å². The minimum absolute atomic E-state index is 0.0110. The Kier molecular flexibility index (Phi) is 10.9. The number of nitrogens with zero attached hydrogens (tertiary/aromatic N) is 1. The number of hydrogen-bond donors (Lipinski definition) is 3. The number of ether oxygens (including phenoxy) is 2. The van der Waals surface area contributed by atoms with Crippen LogP contribution in [0.25, 0.3) is 11.1 Å². The lowest BCUT2D eigenvalue weighted by Crippen LogP contribution is -2.54. The number of fused-ring (bicyclic) bond motifs is 3. The van der Waals surface area contributed by atoms with Gasteiger partial charge in [0.15, 0.2) is 0 Å². The Hall–Kier alpha value is -4.08. The van der Waals surface area contributed by atoms with Crippen molar-refractivity contribution < 1.29 is 28.7 Å². The standard InChI is InChI=1S/C34H46N4O6/c1-22(2)36-30(39)28(37-31(40)29-18-12-20-38(29)33(42)44-34(3,4)5)17-10-11-19-35-32(41)43-21-27-25-15-8-6-13-23(25)24-14-7-9-16-26(24)27/h6-9,13-16,22,27-29H,10-12,17-21H2,1-5H3,(H,35,41)(H,36,39)(H,37,40). The third kappa shape index (κ3) is 8.51. The quantitative estimate of drug-likeness (QED) is 0.306. The number of benzene rings is 2. The second-order valence-corrected chi connectivity index (χ2v) is 12.8. The van der Waals surface area contributed by atoms with Crippen LogP contribution in [0.15, 0.2) is 48.5 Å². The SMILES string of the molecule is CC(C)NC(=O)C(CCCCNC(=O)OCC1c2ccccc2-c2ccccc21)NC(=O)C1CCCN1C(=O)OC(C)(C)C. The van der Waals surface area contributed by atoms with E-state index < -0.39 is 29.9 Å². The van der Waals surface area contributed by atoms with Crippen LogP contribution in [0.1, 0.15) is 83.8 Å².